The number of aromatic nitrogens is 4. The summed E-state index contributed by atoms with van der Waals surface area (Å²) in [5, 5.41) is 11.9. The molecular formula is C18H22N6O. The summed E-state index contributed by atoms with van der Waals surface area (Å²) < 4.78 is 2.13. The summed E-state index contributed by atoms with van der Waals surface area (Å²) in [5.41, 5.74) is 6.03. The third-order valence-electron chi connectivity index (χ3n) is 4.22. The minimum absolute atomic E-state index is 0.273. The molecule has 7 nitrogen and oxygen atoms in total. The molecule has 0 bridgehead atoms. The first-order chi connectivity index (χ1) is 11.8. The van der Waals surface area contributed by atoms with E-state index in [1.54, 1.807) is 6.21 Å². The first-order valence-electron chi connectivity index (χ1n) is 8.09. The summed E-state index contributed by atoms with van der Waals surface area (Å²) in [6.07, 6.45) is 1.76. The van der Waals surface area contributed by atoms with Crippen LogP contribution >= 0.6 is 0 Å². The van der Waals surface area contributed by atoms with E-state index < -0.39 is 5.69 Å². The highest BCUT2D eigenvalue weighted by atomic mass is 16.1. The Labute approximate surface area is 145 Å². The molecule has 2 aromatic heterocycles. The van der Waals surface area contributed by atoms with Crippen LogP contribution in [-0.2, 0) is 12.5 Å². The normalized spacial score (nSPS) is 12.2. The van der Waals surface area contributed by atoms with E-state index in [4.69, 9.17) is 0 Å². The number of aromatic amines is 1. The summed E-state index contributed by atoms with van der Waals surface area (Å²) in [6.45, 7) is 8.05. The van der Waals surface area contributed by atoms with Gasteiger partial charge in [-0.05, 0) is 13.0 Å². The molecule has 0 amide bonds. The van der Waals surface area contributed by atoms with Crippen LogP contribution < -0.4 is 11.1 Å². The first-order valence-corrected chi connectivity index (χ1v) is 8.09. The standard InChI is InChI=1S/C18H22N6O/c1-11-13(12-8-6-7-9-14(12)24(11)5)10-19-22-16-15(18(2,3)4)21-23-17(25)20-16/h6-10H,1-5H3,(H2,20,22,23,25)/b19-10+. The highest BCUT2D eigenvalue weighted by molar-refractivity contribution is 6.01. The fourth-order valence-corrected chi connectivity index (χ4v) is 2.81. The molecule has 0 aliphatic heterocycles. The molecule has 0 atom stereocenters. The molecule has 7 heteroatoms. The summed E-state index contributed by atoms with van der Waals surface area (Å²) in [6, 6.07) is 8.17. The zero-order valence-corrected chi connectivity index (χ0v) is 15.1. The first kappa shape index (κ1) is 16.9. The van der Waals surface area contributed by atoms with E-state index in [2.05, 4.69) is 49.3 Å². The average Bonchev–Trinajstić information content (AvgIpc) is 2.79. The number of hydrogen-bond donors (Lipinski definition) is 2. The van der Waals surface area contributed by atoms with Crippen LogP contribution in [0.2, 0.25) is 0 Å². The van der Waals surface area contributed by atoms with E-state index in [1.165, 1.54) is 0 Å². The van der Waals surface area contributed by atoms with Gasteiger partial charge in [0, 0.05) is 34.6 Å². The summed E-state index contributed by atoms with van der Waals surface area (Å²) in [5.74, 6) is 0.366. The molecule has 3 rings (SSSR count). The number of nitrogens with zero attached hydrogens (tertiary/aromatic N) is 4. The molecule has 0 unspecified atom stereocenters. The quantitative estimate of drug-likeness (QED) is 0.568. The summed E-state index contributed by atoms with van der Waals surface area (Å²) in [4.78, 5) is 15.5. The molecule has 0 saturated carbocycles. The highest BCUT2D eigenvalue weighted by Crippen LogP contribution is 2.25. The Hall–Kier alpha value is -2.96. The molecule has 3 aromatic rings. The molecule has 0 radical (unpaired) electrons. The zero-order valence-electron chi connectivity index (χ0n) is 15.1. The Bertz CT molecular complexity index is 1010. The van der Waals surface area contributed by atoms with Crippen LogP contribution in [0.1, 0.15) is 37.7 Å². The summed E-state index contributed by atoms with van der Waals surface area (Å²) in [7, 11) is 2.03. The Kier molecular flexibility index (Phi) is 4.16. The van der Waals surface area contributed by atoms with Crippen molar-refractivity contribution >= 4 is 22.9 Å². The average molecular weight is 338 g/mol. The van der Waals surface area contributed by atoms with Gasteiger partial charge in [0.2, 0.25) is 0 Å². The van der Waals surface area contributed by atoms with Crippen LogP contribution in [0, 0.1) is 6.92 Å². The van der Waals surface area contributed by atoms with E-state index in [-0.39, 0.29) is 5.41 Å². The molecule has 2 N–H and O–H groups in total. The van der Waals surface area contributed by atoms with Crippen molar-refractivity contribution in [3.8, 4) is 0 Å². The number of hydrogen-bond acceptors (Lipinski definition) is 5. The van der Waals surface area contributed by atoms with Gasteiger partial charge >= 0.3 is 5.69 Å². The van der Waals surface area contributed by atoms with Crippen LogP contribution in [0.3, 0.4) is 0 Å². The Morgan fingerprint density at radius 1 is 1.28 bits per heavy atom. The fourth-order valence-electron chi connectivity index (χ4n) is 2.81. The molecule has 0 fully saturated rings. The van der Waals surface area contributed by atoms with Crippen molar-refractivity contribution in [3.63, 3.8) is 0 Å². The molecule has 2 heterocycles. The molecule has 0 aliphatic rings. The van der Waals surface area contributed by atoms with Crippen LogP contribution in [0.5, 0.6) is 0 Å². The van der Waals surface area contributed by atoms with Crippen molar-refractivity contribution in [3.05, 3.63) is 51.7 Å². The number of benzene rings is 1. The SMILES string of the molecule is Cc1c(/C=N/Nc2nc(=O)[nH]nc2C(C)(C)C)c2ccccc2n1C. The lowest BCUT2D eigenvalue weighted by Crippen LogP contribution is -2.24. The van der Waals surface area contributed by atoms with Crippen molar-refractivity contribution in [1.29, 1.82) is 0 Å². The number of rotatable bonds is 3. The maximum absolute atomic E-state index is 11.5. The van der Waals surface area contributed by atoms with Gasteiger partial charge in [0.15, 0.2) is 5.82 Å². The Morgan fingerprint density at radius 3 is 2.72 bits per heavy atom. The fraction of sp³-hybridized carbons (Fsp3) is 0.333. The maximum Gasteiger partial charge on any atom is 0.363 e. The van der Waals surface area contributed by atoms with Crippen molar-refractivity contribution in [1.82, 2.24) is 19.7 Å². The molecular weight excluding hydrogens is 316 g/mol. The Morgan fingerprint density at radius 2 is 2.00 bits per heavy atom. The number of fused-ring (bicyclic) bond motifs is 1. The van der Waals surface area contributed by atoms with Gasteiger partial charge in [-0.15, -0.1) is 0 Å². The lowest BCUT2D eigenvalue weighted by molar-refractivity contribution is 0.553. The molecule has 0 spiro atoms. The minimum Gasteiger partial charge on any atom is -0.347 e. The van der Waals surface area contributed by atoms with Crippen LogP contribution in [0.4, 0.5) is 5.82 Å². The van der Waals surface area contributed by atoms with E-state index in [0.717, 1.165) is 22.2 Å². The topological polar surface area (TPSA) is 88.0 Å². The molecule has 0 aliphatic carbocycles. The second-order valence-corrected chi connectivity index (χ2v) is 7.03. The molecule has 0 saturated heterocycles. The van der Waals surface area contributed by atoms with E-state index >= 15 is 0 Å². The smallest absolute Gasteiger partial charge is 0.347 e. The number of anilines is 1. The van der Waals surface area contributed by atoms with Gasteiger partial charge in [0.1, 0.15) is 5.69 Å². The van der Waals surface area contributed by atoms with Gasteiger partial charge < -0.3 is 4.57 Å². The molecule has 25 heavy (non-hydrogen) atoms. The van der Waals surface area contributed by atoms with Crippen molar-refractivity contribution in [2.45, 2.75) is 33.1 Å². The summed E-state index contributed by atoms with van der Waals surface area (Å²) >= 11 is 0. The van der Waals surface area contributed by atoms with Crippen molar-refractivity contribution < 1.29 is 0 Å². The number of hydrazone groups is 1. The van der Waals surface area contributed by atoms with Gasteiger partial charge in [0.05, 0.1) is 6.21 Å². The number of para-hydroxylation sites is 1. The van der Waals surface area contributed by atoms with Gasteiger partial charge in [-0.1, -0.05) is 39.0 Å². The lowest BCUT2D eigenvalue weighted by atomic mass is 9.92. The maximum atomic E-state index is 11.5. The van der Waals surface area contributed by atoms with Gasteiger partial charge in [-0.25, -0.2) is 9.89 Å². The number of aryl methyl sites for hydroxylation is 1. The second-order valence-electron chi connectivity index (χ2n) is 7.03. The van der Waals surface area contributed by atoms with Gasteiger partial charge in [0.25, 0.3) is 0 Å². The van der Waals surface area contributed by atoms with Crippen LogP contribution in [0.15, 0.2) is 34.2 Å². The molecule has 1 aromatic carbocycles. The zero-order chi connectivity index (χ0) is 18.2. The predicted octanol–water partition coefficient (Wildman–Crippen LogP) is 2.71. The van der Waals surface area contributed by atoms with Crippen molar-refractivity contribution in [2.75, 3.05) is 5.43 Å². The van der Waals surface area contributed by atoms with Crippen LogP contribution in [0.25, 0.3) is 10.9 Å². The second kappa shape index (κ2) is 6.16. The number of nitrogens with one attached hydrogen (secondary N) is 2. The van der Waals surface area contributed by atoms with E-state index in [1.807, 2.05) is 40.0 Å². The van der Waals surface area contributed by atoms with Crippen LogP contribution in [-0.4, -0.2) is 26.0 Å². The molecule has 130 valence electrons. The lowest BCUT2D eigenvalue weighted by Gasteiger charge is -2.18. The van der Waals surface area contributed by atoms with E-state index in [0.29, 0.717) is 11.5 Å². The monoisotopic (exact) mass is 338 g/mol. The highest BCUT2D eigenvalue weighted by Gasteiger charge is 2.21. The number of H-pyrrole nitrogens is 1. The van der Waals surface area contributed by atoms with Crippen molar-refractivity contribution in [2.24, 2.45) is 12.1 Å². The van der Waals surface area contributed by atoms with E-state index in [9.17, 15) is 4.79 Å². The predicted molar refractivity (Wildman–Crippen MR) is 100 cm³/mol. The van der Waals surface area contributed by atoms with Gasteiger partial charge in [-0.3, -0.25) is 5.43 Å². The third-order valence-corrected chi connectivity index (χ3v) is 4.22. The Balaban J connectivity index is 1.97. The largest absolute Gasteiger partial charge is 0.363 e. The van der Waals surface area contributed by atoms with Gasteiger partial charge in [-0.2, -0.15) is 15.2 Å². The third kappa shape index (κ3) is 3.17. The minimum atomic E-state index is -0.507.